The van der Waals surface area contributed by atoms with Crippen molar-refractivity contribution in [3.63, 3.8) is 0 Å². The van der Waals surface area contributed by atoms with E-state index in [9.17, 15) is 0 Å². The van der Waals surface area contributed by atoms with Crippen molar-refractivity contribution in [1.29, 1.82) is 0 Å². The highest BCUT2D eigenvalue weighted by Gasteiger charge is 2.38. The maximum absolute atomic E-state index is 6.58. The van der Waals surface area contributed by atoms with Crippen LogP contribution < -0.4 is 4.90 Å². The van der Waals surface area contributed by atoms with Gasteiger partial charge in [-0.25, -0.2) is 4.98 Å². The van der Waals surface area contributed by atoms with Gasteiger partial charge >= 0.3 is 0 Å². The Morgan fingerprint density at radius 3 is 2.01 bits per heavy atom. The van der Waals surface area contributed by atoms with Crippen molar-refractivity contribution in [3.05, 3.63) is 211 Å². The molecule has 0 saturated heterocycles. The number of para-hydroxylation sites is 3. The molecule has 9 aromatic carbocycles. The second-order valence-electron chi connectivity index (χ2n) is 18.0. The monoisotopic (exact) mass is 877 g/mol. The molecule has 1 aliphatic carbocycles. The molecule has 0 unspecified atom stereocenters. The third kappa shape index (κ3) is 5.71. The second-order valence-corrected chi connectivity index (χ2v) is 19.1. The number of hydrogen-bond donors (Lipinski definition) is 0. The lowest BCUT2D eigenvalue weighted by molar-refractivity contribution is 0.660. The van der Waals surface area contributed by atoms with E-state index < -0.39 is 0 Å². The molecule has 4 aromatic heterocycles. The van der Waals surface area contributed by atoms with Crippen LogP contribution in [0.3, 0.4) is 0 Å². The number of hydrogen-bond acceptors (Lipinski definition) is 6. The van der Waals surface area contributed by atoms with E-state index in [1.54, 1.807) is 11.3 Å². The maximum atomic E-state index is 6.58. The van der Waals surface area contributed by atoms with E-state index in [2.05, 4.69) is 211 Å². The van der Waals surface area contributed by atoms with Crippen molar-refractivity contribution in [1.82, 2.24) is 19.5 Å². The summed E-state index contributed by atoms with van der Waals surface area (Å²) >= 11 is 1.81. The van der Waals surface area contributed by atoms with E-state index in [0.29, 0.717) is 17.6 Å². The zero-order valence-corrected chi connectivity index (χ0v) is 37.4. The molecule has 7 heteroatoms. The van der Waals surface area contributed by atoms with Crippen LogP contribution in [0.1, 0.15) is 25.0 Å². The predicted molar refractivity (Wildman–Crippen MR) is 277 cm³/mol. The molecule has 13 aromatic rings. The number of fused-ring (bicyclic) bond motifs is 12. The summed E-state index contributed by atoms with van der Waals surface area (Å²) in [5, 5.41) is 6.89. The Kier molecular flexibility index (Phi) is 8.10. The molecule has 1 aliphatic rings. The standard InChI is InChI=1S/C60H39N5OS/c1-60(2)47-21-10-6-20-45(47)56-48(60)22-14-24-50(56)65(39-29-31-43-42-18-8-12-25-52(42)66-53(43)35-39)59-62-57(36-28-32-55-46(33-36)44-19-9-13-26-54(44)67-55)61-58(63-59)37-27-30-41-40-17-7-11-23-49(40)64(51(41)34-37)38-15-4-3-5-16-38/h3-35H,1-2H3. The molecule has 0 atom stereocenters. The van der Waals surface area contributed by atoms with Crippen molar-refractivity contribution in [2.75, 3.05) is 4.90 Å². The Hall–Kier alpha value is -8.39. The zero-order chi connectivity index (χ0) is 44.4. The van der Waals surface area contributed by atoms with E-state index in [1.807, 2.05) is 12.1 Å². The van der Waals surface area contributed by atoms with Gasteiger partial charge in [-0.2, -0.15) is 9.97 Å². The van der Waals surface area contributed by atoms with Gasteiger partial charge in [-0.3, -0.25) is 4.90 Å². The zero-order valence-electron chi connectivity index (χ0n) is 36.6. The highest BCUT2D eigenvalue weighted by molar-refractivity contribution is 7.25. The largest absolute Gasteiger partial charge is 0.456 e. The average Bonchev–Trinajstić information content (AvgIpc) is 4.10. The van der Waals surface area contributed by atoms with Gasteiger partial charge in [-0.1, -0.05) is 135 Å². The number of benzene rings is 9. The molecule has 14 rings (SSSR count). The minimum absolute atomic E-state index is 0.225. The first-order valence-corrected chi connectivity index (χ1v) is 23.5. The van der Waals surface area contributed by atoms with Crippen LogP contribution in [0.5, 0.6) is 0 Å². The van der Waals surface area contributed by atoms with Crippen LogP contribution in [0, 0.1) is 0 Å². The molecule has 0 spiro atoms. The lowest BCUT2D eigenvalue weighted by Gasteiger charge is -2.27. The first-order chi connectivity index (χ1) is 33.0. The van der Waals surface area contributed by atoms with Crippen LogP contribution in [0.4, 0.5) is 17.3 Å². The smallest absolute Gasteiger partial charge is 0.238 e. The predicted octanol–water partition coefficient (Wildman–Crippen LogP) is 16.3. The Labute approximate surface area is 389 Å². The van der Waals surface area contributed by atoms with Gasteiger partial charge in [0.25, 0.3) is 0 Å². The molecule has 0 amide bonds. The van der Waals surface area contributed by atoms with E-state index >= 15 is 0 Å². The van der Waals surface area contributed by atoms with Crippen molar-refractivity contribution in [2.24, 2.45) is 0 Å². The van der Waals surface area contributed by atoms with Gasteiger partial charge in [-0.15, -0.1) is 11.3 Å². The van der Waals surface area contributed by atoms with E-state index in [1.165, 1.54) is 42.2 Å². The number of nitrogens with zero attached hydrogens (tertiary/aromatic N) is 5. The van der Waals surface area contributed by atoms with Crippen LogP contribution in [-0.2, 0) is 5.41 Å². The molecule has 0 fully saturated rings. The van der Waals surface area contributed by atoms with E-state index in [0.717, 1.165) is 72.1 Å². The molecule has 4 heterocycles. The van der Waals surface area contributed by atoms with Gasteiger partial charge in [0.2, 0.25) is 5.95 Å². The molecule has 67 heavy (non-hydrogen) atoms. The van der Waals surface area contributed by atoms with Gasteiger partial charge in [0.1, 0.15) is 11.2 Å². The summed E-state index contributed by atoms with van der Waals surface area (Å²) in [5.74, 6) is 1.67. The molecule has 6 nitrogen and oxygen atoms in total. The molecular formula is C60H39N5OS. The first-order valence-electron chi connectivity index (χ1n) is 22.7. The quantitative estimate of drug-likeness (QED) is 0.167. The second kappa shape index (κ2) is 14.3. The fourth-order valence-electron chi connectivity index (χ4n) is 10.7. The minimum atomic E-state index is -0.225. The number of aromatic nitrogens is 4. The molecule has 0 bridgehead atoms. The Morgan fingerprint density at radius 1 is 0.478 bits per heavy atom. The highest BCUT2D eigenvalue weighted by Crippen LogP contribution is 2.54. The lowest BCUT2D eigenvalue weighted by atomic mass is 9.82. The first kappa shape index (κ1) is 37.9. The van der Waals surface area contributed by atoms with Crippen LogP contribution in [-0.4, -0.2) is 19.5 Å². The van der Waals surface area contributed by atoms with Gasteiger partial charge in [0.05, 0.1) is 22.4 Å². The van der Waals surface area contributed by atoms with Gasteiger partial charge in [0, 0.05) is 75.6 Å². The third-order valence-electron chi connectivity index (χ3n) is 13.9. The molecular weight excluding hydrogens is 839 g/mol. The Balaban J connectivity index is 1.06. The summed E-state index contributed by atoms with van der Waals surface area (Å²) in [6.45, 7) is 4.64. The normalized spacial score (nSPS) is 13.0. The fraction of sp³-hybridized carbons (Fsp3) is 0.0500. The van der Waals surface area contributed by atoms with Crippen molar-refractivity contribution >= 4 is 92.6 Å². The van der Waals surface area contributed by atoms with Crippen molar-refractivity contribution in [3.8, 4) is 39.6 Å². The highest BCUT2D eigenvalue weighted by atomic mass is 32.1. The number of furan rings is 1. The van der Waals surface area contributed by atoms with E-state index in [-0.39, 0.29) is 5.41 Å². The average molecular weight is 878 g/mol. The molecule has 0 radical (unpaired) electrons. The number of thiophene rings is 1. The topological polar surface area (TPSA) is 60.0 Å². The summed E-state index contributed by atoms with van der Waals surface area (Å²) in [6, 6.07) is 71.2. The Morgan fingerprint density at radius 2 is 1.13 bits per heavy atom. The maximum Gasteiger partial charge on any atom is 0.238 e. The molecule has 316 valence electrons. The van der Waals surface area contributed by atoms with Crippen molar-refractivity contribution in [2.45, 2.75) is 19.3 Å². The third-order valence-corrected chi connectivity index (χ3v) is 15.0. The van der Waals surface area contributed by atoms with Crippen LogP contribution in [0.25, 0.3) is 104 Å². The van der Waals surface area contributed by atoms with Crippen LogP contribution >= 0.6 is 11.3 Å². The van der Waals surface area contributed by atoms with Gasteiger partial charge in [0.15, 0.2) is 11.6 Å². The van der Waals surface area contributed by atoms with Crippen molar-refractivity contribution < 1.29 is 4.42 Å². The van der Waals surface area contributed by atoms with Gasteiger partial charge in [-0.05, 0) is 89.5 Å². The SMILES string of the molecule is CC1(C)c2ccccc2-c2c(N(c3ccc4c(c3)oc3ccccc34)c3nc(-c4ccc5sc6ccccc6c5c4)nc(-c4ccc5c6ccccc6n(-c6ccccc6)c5c4)n3)cccc21. The number of anilines is 3. The lowest BCUT2D eigenvalue weighted by Crippen LogP contribution is -2.18. The summed E-state index contributed by atoms with van der Waals surface area (Å²) in [7, 11) is 0. The van der Waals surface area contributed by atoms with Gasteiger partial charge < -0.3 is 8.98 Å². The molecule has 0 N–H and O–H groups in total. The summed E-state index contributed by atoms with van der Waals surface area (Å²) < 4.78 is 11.4. The summed E-state index contributed by atoms with van der Waals surface area (Å²) in [4.78, 5) is 18.7. The van der Waals surface area contributed by atoms with Crippen LogP contribution in [0.15, 0.2) is 205 Å². The Bertz CT molecular complexity index is 4160. The van der Waals surface area contributed by atoms with E-state index in [4.69, 9.17) is 19.4 Å². The molecule has 0 saturated carbocycles. The van der Waals surface area contributed by atoms with Crippen LogP contribution in [0.2, 0.25) is 0 Å². The molecule has 0 aliphatic heterocycles. The summed E-state index contributed by atoms with van der Waals surface area (Å²) in [6.07, 6.45) is 0. The minimum Gasteiger partial charge on any atom is -0.456 e. The number of rotatable bonds is 6. The summed E-state index contributed by atoms with van der Waals surface area (Å²) in [5.41, 5.74) is 13.3. The fourth-order valence-corrected chi connectivity index (χ4v) is 11.8.